The van der Waals surface area contributed by atoms with Gasteiger partial charge in [-0.15, -0.1) is 0 Å². The first-order chi connectivity index (χ1) is 16.6. The molecule has 36 heavy (non-hydrogen) atoms. The third kappa shape index (κ3) is 13.3. The maximum atomic E-state index is 12.6. The van der Waals surface area contributed by atoms with E-state index >= 15 is 0 Å². The number of nitrogens with one attached hydrogen (secondary N) is 3. The van der Waals surface area contributed by atoms with Crippen molar-refractivity contribution in [2.24, 2.45) is 22.2 Å². The van der Waals surface area contributed by atoms with E-state index in [1.165, 1.54) is 0 Å². The van der Waals surface area contributed by atoms with Crippen LogP contribution in [0.15, 0.2) is 4.99 Å². The second-order valence-corrected chi connectivity index (χ2v) is 7.37. The predicted octanol–water partition coefficient (Wildman–Crippen LogP) is -4.67. The van der Waals surface area contributed by atoms with Crippen LogP contribution in [0.3, 0.4) is 0 Å². The van der Waals surface area contributed by atoms with Crippen molar-refractivity contribution in [3.63, 3.8) is 0 Å². The van der Waals surface area contributed by atoms with Gasteiger partial charge in [0.25, 0.3) is 0 Å². The van der Waals surface area contributed by atoms with E-state index in [0.29, 0.717) is 0 Å². The average Bonchev–Trinajstić information content (AvgIpc) is 2.73. The van der Waals surface area contributed by atoms with Crippen molar-refractivity contribution < 1.29 is 54.0 Å². The lowest BCUT2D eigenvalue weighted by Crippen LogP contribution is -2.58. The summed E-state index contributed by atoms with van der Waals surface area (Å²) < 4.78 is 0. The fourth-order valence-corrected chi connectivity index (χ4v) is 2.62. The number of hydrogen-bond donors (Lipinski definition) is 10. The maximum Gasteiger partial charge on any atom is 0.326 e. The third-order valence-corrected chi connectivity index (χ3v) is 4.32. The number of carbonyl (C=O) groups is 7. The Balaban J connectivity index is 5.46. The number of rotatable bonds is 17. The normalized spacial score (nSPS) is 13.7. The van der Waals surface area contributed by atoms with Crippen LogP contribution in [0, 0.1) is 0 Å². The van der Waals surface area contributed by atoms with E-state index in [-0.39, 0.29) is 25.3 Å². The minimum Gasteiger partial charge on any atom is -0.481 e. The van der Waals surface area contributed by atoms with Gasteiger partial charge < -0.3 is 53.6 Å². The van der Waals surface area contributed by atoms with E-state index in [1.807, 2.05) is 5.32 Å². The molecule has 0 saturated carbocycles. The molecule has 0 aromatic heterocycles. The molecule has 0 aromatic rings. The quantitative estimate of drug-likeness (QED) is 0.0490. The summed E-state index contributed by atoms with van der Waals surface area (Å²) in [6, 6.07) is -6.88. The summed E-state index contributed by atoms with van der Waals surface area (Å²) in [5, 5.41) is 41.7. The van der Waals surface area contributed by atoms with Crippen LogP contribution in [-0.4, -0.2) is 98.7 Å². The summed E-state index contributed by atoms with van der Waals surface area (Å²) >= 11 is 0. The van der Waals surface area contributed by atoms with Gasteiger partial charge in [0.2, 0.25) is 17.7 Å². The molecule has 0 saturated heterocycles. The Labute approximate surface area is 203 Å². The molecular formula is C18H29N7O11. The number of hydrogen-bond acceptors (Lipinski definition) is 9. The minimum absolute atomic E-state index is 0.0498. The monoisotopic (exact) mass is 519 g/mol. The zero-order valence-electron chi connectivity index (χ0n) is 18.9. The van der Waals surface area contributed by atoms with Gasteiger partial charge in [-0.2, -0.15) is 0 Å². The van der Waals surface area contributed by atoms with Gasteiger partial charge in [0.1, 0.15) is 18.1 Å². The van der Waals surface area contributed by atoms with Crippen LogP contribution in [0.25, 0.3) is 0 Å². The lowest BCUT2D eigenvalue weighted by atomic mass is 10.1. The second kappa shape index (κ2) is 15.4. The Kier molecular flexibility index (Phi) is 13.5. The number of nitrogens with two attached hydrogens (primary N) is 3. The average molecular weight is 519 g/mol. The topological polar surface area (TPSA) is 327 Å². The molecule has 0 heterocycles. The number of nitrogens with zero attached hydrogens (tertiary/aromatic N) is 1. The van der Waals surface area contributed by atoms with Crippen molar-refractivity contribution >= 4 is 47.6 Å². The fourth-order valence-electron chi connectivity index (χ4n) is 2.62. The van der Waals surface area contributed by atoms with Crippen LogP contribution in [0.4, 0.5) is 0 Å². The van der Waals surface area contributed by atoms with Crippen LogP contribution >= 0.6 is 0 Å². The number of aliphatic imine (C=N–C) groups is 1. The van der Waals surface area contributed by atoms with E-state index in [1.54, 1.807) is 5.32 Å². The lowest BCUT2D eigenvalue weighted by molar-refractivity contribution is -0.148. The summed E-state index contributed by atoms with van der Waals surface area (Å²) in [7, 11) is 0. The molecule has 4 atom stereocenters. The first-order valence-corrected chi connectivity index (χ1v) is 10.2. The van der Waals surface area contributed by atoms with Crippen LogP contribution in [0.2, 0.25) is 0 Å². The van der Waals surface area contributed by atoms with Crippen molar-refractivity contribution in [1.82, 2.24) is 16.0 Å². The van der Waals surface area contributed by atoms with E-state index in [0.717, 1.165) is 0 Å². The molecule has 4 unspecified atom stereocenters. The highest BCUT2D eigenvalue weighted by Crippen LogP contribution is 2.03. The highest BCUT2D eigenvalue weighted by atomic mass is 16.4. The SMILES string of the molecule is NC(N)=NCCCC(N)C(=O)NC(CC(=O)O)C(=O)NC(CC(=O)O)C(=O)NC(CC(=O)O)C(=O)O. The van der Waals surface area contributed by atoms with Gasteiger partial charge in [-0.05, 0) is 12.8 Å². The number of carboxylic acid groups (broad SMARTS) is 4. The number of carboxylic acids is 4. The Bertz CT molecular complexity index is 889. The molecule has 0 fully saturated rings. The van der Waals surface area contributed by atoms with Crippen molar-refractivity contribution in [3.05, 3.63) is 0 Å². The molecule has 0 spiro atoms. The highest BCUT2D eigenvalue weighted by molar-refractivity contribution is 5.97. The second-order valence-electron chi connectivity index (χ2n) is 7.37. The molecule has 0 rings (SSSR count). The molecule has 202 valence electrons. The zero-order valence-corrected chi connectivity index (χ0v) is 18.9. The lowest BCUT2D eigenvalue weighted by Gasteiger charge is -2.23. The molecule has 18 nitrogen and oxygen atoms in total. The highest BCUT2D eigenvalue weighted by Gasteiger charge is 2.33. The number of amides is 3. The van der Waals surface area contributed by atoms with Gasteiger partial charge in [0.15, 0.2) is 5.96 Å². The molecular weight excluding hydrogens is 490 g/mol. The van der Waals surface area contributed by atoms with Gasteiger partial charge in [0.05, 0.1) is 25.3 Å². The van der Waals surface area contributed by atoms with E-state index in [9.17, 15) is 33.6 Å². The third-order valence-electron chi connectivity index (χ3n) is 4.32. The standard InChI is InChI=1S/C18H29N7O11/c19-7(2-1-3-22-18(20)21)14(32)23-8(4-11(26)27)15(33)24-9(5-12(28)29)16(34)25-10(17(35)36)6-13(30)31/h7-10H,1-6,19H2,(H,23,32)(H,24,33)(H,25,34)(H,26,27)(H,28,29)(H,30,31)(H,35,36)(H4,20,21,22). The smallest absolute Gasteiger partial charge is 0.326 e. The first-order valence-electron chi connectivity index (χ1n) is 10.2. The number of aliphatic carboxylic acids is 4. The Morgan fingerprint density at radius 3 is 1.44 bits per heavy atom. The van der Waals surface area contributed by atoms with Gasteiger partial charge in [-0.3, -0.25) is 33.8 Å². The maximum absolute atomic E-state index is 12.6. The van der Waals surface area contributed by atoms with E-state index < -0.39 is 85.0 Å². The number of guanidine groups is 1. The largest absolute Gasteiger partial charge is 0.481 e. The van der Waals surface area contributed by atoms with Crippen molar-refractivity contribution in [3.8, 4) is 0 Å². The van der Waals surface area contributed by atoms with Crippen molar-refractivity contribution in [1.29, 1.82) is 0 Å². The molecule has 0 aliphatic carbocycles. The van der Waals surface area contributed by atoms with Crippen molar-refractivity contribution in [2.45, 2.75) is 56.3 Å². The van der Waals surface area contributed by atoms with Crippen LogP contribution in [0.1, 0.15) is 32.1 Å². The Morgan fingerprint density at radius 2 is 1.06 bits per heavy atom. The molecule has 0 aliphatic heterocycles. The summed E-state index contributed by atoms with van der Waals surface area (Å²) in [6.07, 6.45) is -2.78. The van der Waals surface area contributed by atoms with Gasteiger partial charge in [0, 0.05) is 6.54 Å². The summed E-state index contributed by atoms with van der Waals surface area (Å²) in [6.45, 7) is 0.146. The Hall–Kier alpha value is -4.48. The van der Waals surface area contributed by atoms with E-state index in [4.69, 9.17) is 37.6 Å². The number of carbonyl (C=O) groups excluding carboxylic acids is 3. The Morgan fingerprint density at radius 1 is 0.667 bits per heavy atom. The summed E-state index contributed by atoms with van der Waals surface area (Å²) in [5.74, 6) is -10.2. The van der Waals surface area contributed by atoms with E-state index in [2.05, 4.69) is 10.3 Å². The molecule has 13 N–H and O–H groups in total. The van der Waals surface area contributed by atoms with Gasteiger partial charge >= 0.3 is 23.9 Å². The molecule has 3 amide bonds. The van der Waals surface area contributed by atoms with Gasteiger partial charge in [-0.1, -0.05) is 0 Å². The zero-order chi connectivity index (χ0) is 28.0. The molecule has 0 aliphatic rings. The van der Waals surface area contributed by atoms with Crippen LogP contribution in [0.5, 0.6) is 0 Å². The summed E-state index contributed by atoms with van der Waals surface area (Å²) in [5.41, 5.74) is 16.0. The molecule has 0 bridgehead atoms. The molecule has 0 radical (unpaired) electrons. The molecule has 0 aromatic carbocycles. The molecule has 18 heteroatoms. The first kappa shape index (κ1) is 31.5. The van der Waals surface area contributed by atoms with Crippen LogP contribution in [-0.2, 0) is 33.6 Å². The summed E-state index contributed by atoms with van der Waals surface area (Å²) in [4.78, 5) is 85.2. The van der Waals surface area contributed by atoms with Crippen molar-refractivity contribution in [2.75, 3.05) is 6.54 Å². The predicted molar refractivity (Wildman–Crippen MR) is 118 cm³/mol. The van der Waals surface area contributed by atoms with Crippen LogP contribution < -0.4 is 33.2 Å². The fraction of sp³-hybridized carbons (Fsp3) is 0.556. The van der Waals surface area contributed by atoms with Gasteiger partial charge in [-0.25, -0.2) is 4.79 Å². The minimum atomic E-state index is -1.95.